The first-order chi connectivity index (χ1) is 12.6. The Balaban J connectivity index is 1.63. The van der Waals surface area contributed by atoms with Crippen LogP contribution in [-0.2, 0) is 7.05 Å². The minimum atomic E-state index is 0.269. The standard InChI is InChI=1S/C20H27N3O3/c1-22-18(16-11-23-7-6-13(16)8-15(23)12-24)10-17(21-22)14-4-5-19(25-2)20(9-14)26-3/h4-5,9-10,13,15-16,24H,6-8,11-12H2,1-3H3. The number of aliphatic hydroxyl groups is 1. The average Bonchev–Trinajstić information content (AvgIpc) is 3.09. The minimum Gasteiger partial charge on any atom is -0.493 e. The van der Waals surface area contributed by atoms with Gasteiger partial charge in [0.2, 0.25) is 0 Å². The molecule has 0 aliphatic carbocycles. The lowest BCUT2D eigenvalue weighted by atomic mass is 9.74. The maximum atomic E-state index is 9.59. The monoisotopic (exact) mass is 357 g/mol. The van der Waals surface area contributed by atoms with Crippen molar-refractivity contribution in [2.24, 2.45) is 13.0 Å². The van der Waals surface area contributed by atoms with Gasteiger partial charge in [-0.2, -0.15) is 5.10 Å². The number of fused-ring (bicyclic) bond motifs is 3. The molecule has 1 aromatic heterocycles. The number of aliphatic hydroxyl groups excluding tert-OH is 1. The summed E-state index contributed by atoms with van der Waals surface area (Å²) in [5.41, 5.74) is 3.26. The molecule has 3 fully saturated rings. The number of hydrogen-bond acceptors (Lipinski definition) is 5. The second-order valence-corrected chi connectivity index (χ2v) is 7.37. The molecule has 5 rings (SSSR count). The number of piperidine rings is 3. The van der Waals surface area contributed by atoms with Crippen LogP contribution in [0.15, 0.2) is 24.3 Å². The molecule has 2 bridgehead atoms. The smallest absolute Gasteiger partial charge is 0.161 e. The van der Waals surface area contributed by atoms with Crippen molar-refractivity contribution in [2.75, 3.05) is 33.9 Å². The number of benzene rings is 1. The summed E-state index contributed by atoms with van der Waals surface area (Å²) in [6.07, 6.45) is 2.29. The molecule has 0 saturated carbocycles. The predicted molar refractivity (Wildman–Crippen MR) is 99.7 cm³/mol. The van der Waals surface area contributed by atoms with Gasteiger partial charge in [0.05, 0.1) is 26.5 Å². The lowest BCUT2D eigenvalue weighted by Crippen LogP contribution is -2.53. The van der Waals surface area contributed by atoms with E-state index in [4.69, 9.17) is 14.6 Å². The number of hydrogen-bond donors (Lipinski definition) is 1. The van der Waals surface area contributed by atoms with Gasteiger partial charge in [-0.3, -0.25) is 9.58 Å². The minimum absolute atomic E-state index is 0.269. The molecular formula is C20H27N3O3. The molecule has 3 saturated heterocycles. The molecule has 0 amide bonds. The third kappa shape index (κ3) is 2.87. The van der Waals surface area contributed by atoms with Crippen molar-refractivity contribution in [3.05, 3.63) is 30.0 Å². The van der Waals surface area contributed by atoms with E-state index in [2.05, 4.69) is 11.0 Å². The van der Waals surface area contributed by atoms with E-state index in [9.17, 15) is 5.11 Å². The maximum absolute atomic E-state index is 9.59. The zero-order valence-electron chi connectivity index (χ0n) is 15.7. The SMILES string of the molecule is COc1ccc(-c2cc(C3CN4CCC3CC4CO)n(C)n2)cc1OC. The Morgan fingerprint density at radius 3 is 2.65 bits per heavy atom. The first-order valence-corrected chi connectivity index (χ1v) is 9.25. The summed E-state index contributed by atoms with van der Waals surface area (Å²) in [4.78, 5) is 2.44. The van der Waals surface area contributed by atoms with Crippen LogP contribution in [-0.4, -0.2) is 59.7 Å². The van der Waals surface area contributed by atoms with Gasteiger partial charge in [0.25, 0.3) is 0 Å². The summed E-state index contributed by atoms with van der Waals surface area (Å²) in [6.45, 7) is 2.39. The van der Waals surface area contributed by atoms with Crippen molar-refractivity contribution in [1.82, 2.24) is 14.7 Å². The highest BCUT2D eigenvalue weighted by atomic mass is 16.5. The van der Waals surface area contributed by atoms with Gasteiger partial charge in [-0.15, -0.1) is 0 Å². The maximum Gasteiger partial charge on any atom is 0.161 e. The summed E-state index contributed by atoms with van der Waals surface area (Å²) in [6, 6.07) is 8.46. The normalized spacial score (nSPS) is 27.5. The molecule has 3 aliphatic rings. The summed E-state index contributed by atoms with van der Waals surface area (Å²) >= 11 is 0. The third-order valence-electron chi connectivity index (χ3n) is 6.06. The Hall–Kier alpha value is -2.05. The van der Waals surface area contributed by atoms with E-state index < -0.39 is 0 Å². The fourth-order valence-corrected chi connectivity index (χ4v) is 4.63. The first-order valence-electron chi connectivity index (χ1n) is 9.25. The Labute approximate surface area is 154 Å². The van der Waals surface area contributed by atoms with Crippen LogP contribution in [0.4, 0.5) is 0 Å². The molecule has 4 atom stereocenters. The molecule has 1 N–H and O–H groups in total. The molecule has 4 heterocycles. The van der Waals surface area contributed by atoms with E-state index in [1.165, 1.54) is 12.1 Å². The fourth-order valence-electron chi connectivity index (χ4n) is 4.63. The summed E-state index contributed by atoms with van der Waals surface area (Å²) in [5, 5.41) is 14.4. The molecule has 6 heteroatoms. The Kier molecular flexibility index (Phi) is 4.63. The van der Waals surface area contributed by atoms with Crippen LogP contribution < -0.4 is 9.47 Å². The quantitative estimate of drug-likeness (QED) is 0.890. The molecule has 0 radical (unpaired) electrons. The molecule has 6 nitrogen and oxygen atoms in total. The van der Waals surface area contributed by atoms with Gasteiger partial charge < -0.3 is 14.6 Å². The zero-order valence-corrected chi connectivity index (χ0v) is 15.7. The van der Waals surface area contributed by atoms with Crippen LogP contribution >= 0.6 is 0 Å². The van der Waals surface area contributed by atoms with E-state index in [0.29, 0.717) is 23.6 Å². The zero-order chi connectivity index (χ0) is 18.3. The van der Waals surface area contributed by atoms with E-state index in [-0.39, 0.29) is 6.61 Å². The molecule has 2 aromatic rings. The van der Waals surface area contributed by atoms with E-state index >= 15 is 0 Å². The van der Waals surface area contributed by atoms with Gasteiger partial charge >= 0.3 is 0 Å². The first kappa shape index (κ1) is 17.4. The molecule has 4 unspecified atom stereocenters. The molecule has 26 heavy (non-hydrogen) atoms. The Morgan fingerprint density at radius 2 is 2.00 bits per heavy atom. The van der Waals surface area contributed by atoms with Crippen molar-refractivity contribution in [2.45, 2.75) is 24.8 Å². The van der Waals surface area contributed by atoms with Gasteiger partial charge in [0.1, 0.15) is 0 Å². The number of methoxy groups -OCH3 is 2. The third-order valence-corrected chi connectivity index (χ3v) is 6.06. The molecule has 0 spiro atoms. The molecule has 140 valence electrons. The van der Waals surface area contributed by atoms with Gasteiger partial charge in [-0.25, -0.2) is 0 Å². The number of rotatable bonds is 5. The summed E-state index contributed by atoms with van der Waals surface area (Å²) in [5.74, 6) is 2.55. The second kappa shape index (κ2) is 6.93. The van der Waals surface area contributed by atoms with Gasteiger partial charge in [-0.05, 0) is 49.6 Å². The van der Waals surface area contributed by atoms with Gasteiger partial charge in [0.15, 0.2) is 11.5 Å². The number of nitrogens with zero attached hydrogens (tertiary/aromatic N) is 3. The summed E-state index contributed by atoms with van der Waals surface area (Å²) < 4.78 is 12.8. The van der Waals surface area contributed by atoms with Crippen LogP contribution in [0.5, 0.6) is 11.5 Å². The van der Waals surface area contributed by atoms with Gasteiger partial charge in [0, 0.05) is 36.8 Å². The Bertz CT molecular complexity index is 789. The van der Waals surface area contributed by atoms with E-state index in [0.717, 1.165) is 36.5 Å². The lowest BCUT2D eigenvalue weighted by Gasteiger charge is -2.49. The fraction of sp³-hybridized carbons (Fsp3) is 0.550. The largest absolute Gasteiger partial charge is 0.493 e. The summed E-state index contributed by atoms with van der Waals surface area (Å²) in [7, 11) is 5.32. The van der Waals surface area contributed by atoms with Crippen LogP contribution in [0.2, 0.25) is 0 Å². The highest BCUT2D eigenvalue weighted by Gasteiger charge is 2.41. The van der Waals surface area contributed by atoms with Crippen LogP contribution in [0.1, 0.15) is 24.5 Å². The van der Waals surface area contributed by atoms with E-state index in [1.54, 1.807) is 14.2 Å². The number of aromatic nitrogens is 2. The molecule has 1 aromatic carbocycles. The van der Waals surface area contributed by atoms with Crippen molar-refractivity contribution in [1.29, 1.82) is 0 Å². The highest BCUT2D eigenvalue weighted by Crippen LogP contribution is 2.42. The van der Waals surface area contributed by atoms with E-state index in [1.807, 2.05) is 29.9 Å². The topological polar surface area (TPSA) is 59.8 Å². The predicted octanol–water partition coefficient (Wildman–Crippen LogP) is 2.27. The Morgan fingerprint density at radius 1 is 1.19 bits per heavy atom. The van der Waals surface area contributed by atoms with Crippen LogP contribution in [0, 0.1) is 5.92 Å². The van der Waals surface area contributed by atoms with Gasteiger partial charge in [-0.1, -0.05) is 0 Å². The number of aryl methyl sites for hydroxylation is 1. The second-order valence-electron chi connectivity index (χ2n) is 7.37. The number of ether oxygens (including phenoxy) is 2. The average molecular weight is 357 g/mol. The van der Waals surface area contributed by atoms with Crippen LogP contribution in [0.25, 0.3) is 11.3 Å². The van der Waals surface area contributed by atoms with Crippen molar-refractivity contribution < 1.29 is 14.6 Å². The van der Waals surface area contributed by atoms with Crippen molar-refractivity contribution >= 4 is 0 Å². The lowest BCUT2D eigenvalue weighted by molar-refractivity contribution is 0.00105. The van der Waals surface area contributed by atoms with Crippen LogP contribution in [0.3, 0.4) is 0 Å². The molecule has 3 aliphatic heterocycles. The highest BCUT2D eigenvalue weighted by molar-refractivity contribution is 5.64. The molecular weight excluding hydrogens is 330 g/mol. The van der Waals surface area contributed by atoms with Crippen molar-refractivity contribution in [3.8, 4) is 22.8 Å². The van der Waals surface area contributed by atoms with Crippen molar-refractivity contribution in [3.63, 3.8) is 0 Å².